The first-order valence-corrected chi connectivity index (χ1v) is 5.10. The van der Waals surface area contributed by atoms with Crippen LogP contribution in [0, 0.1) is 3.70 Å². The third kappa shape index (κ3) is 3.54. The first kappa shape index (κ1) is 14.2. The lowest BCUT2D eigenvalue weighted by Crippen LogP contribution is -2.19. The summed E-state index contributed by atoms with van der Waals surface area (Å²) in [6.45, 7) is 0. The van der Waals surface area contributed by atoms with Crippen molar-refractivity contribution >= 4 is 22.6 Å². The third-order valence-electron chi connectivity index (χ3n) is 1.64. The van der Waals surface area contributed by atoms with E-state index in [-0.39, 0.29) is 3.70 Å². The summed E-state index contributed by atoms with van der Waals surface area (Å²) in [5.41, 5.74) is -0.942. The molecule has 0 unspecified atom stereocenters. The second-order valence-electron chi connectivity index (χ2n) is 2.71. The Bertz CT molecular complexity index is 410. The molecule has 0 aliphatic carbocycles. The van der Waals surface area contributed by atoms with Gasteiger partial charge in [0.2, 0.25) is 0 Å². The Morgan fingerprint density at radius 3 is 2.35 bits per heavy atom. The van der Waals surface area contributed by atoms with Gasteiger partial charge in [0.05, 0.1) is 18.9 Å². The third-order valence-corrected chi connectivity index (χ3v) is 2.50. The van der Waals surface area contributed by atoms with Crippen LogP contribution in [0.15, 0.2) is 6.20 Å². The quantitative estimate of drug-likeness (QED) is 0.464. The van der Waals surface area contributed by atoms with Crippen molar-refractivity contribution < 1.29 is 31.4 Å². The van der Waals surface area contributed by atoms with Crippen molar-refractivity contribution in [2.75, 3.05) is 7.11 Å². The van der Waals surface area contributed by atoms with Crippen molar-refractivity contribution in [2.45, 2.75) is 12.8 Å². The average molecular weight is 369 g/mol. The molecule has 1 rings (SSSR count). The average Bonchev–Trinajstić information content (AvgIpc) is 2.15. The van der Waals surface area contributed by atoms with Crippen LogP contribution in [0.2, 0.25) is 0 Å². The minimum Gasteiger partial charge on any atom is -0.491 e. The lowest BCUT2D eigenvalue weighted by atomic mass is 10.2. The fourth-order valence-electron chi connectivity index (χ4n) is 1.03. The molecule has 3 nitrogen and oxygen atoms in total. The van der Waals surface area contributed by atoms with Gasteiger partial charge in [0, 0.05) is 0 Å². The fourth-order valence-corrected chi connectivity index (χ4v) is 1.65. The van der Waals surface area contributed by atoms with Gasteiger partial charge in [-0.15, -0.1) is 13.2 Å². The van der Waals surface area contributed by atoms with Gasteiger partial charge < -0.3 is 9.47 Å². The number of ether oxygens (including phenoxy) is 2. The number of alkyl halides is 5. The van der Waals surface area contributed by atoms with E-state index in [0.29, 0.717) is 0 Å². The molecule has 9 heteroatoms. The first-order chi connectivity index (χ1) is 7.76. The zero-order valence-electron chi connectivity index (χ0n) is 8.19. The molecule has 17 heavy (non-hydrogen) atoms. The number of hydrogen-bond donors (Lipinski definition) is 0. The molecule has 0 aliphatic heterocycles. The van der Waals surface area contributed by atoms with E-state index in [1.54, 1.807) is 0 Å². The van der Waals surface area contributed by atoms with Gasteiger partial charge >= 0.3 is 6.36 Å². The molecule has 0 amide bonds. The highest BCUT2D eigenvalue weighted by molar-refractivity contribution is 14.1. The van der Waals surface area contributed by atoms with Gasteiger partial charge in [0.1, 0.15) is 3.70 Å². The summed E-state index contributed by atoms with van der Waals surface area (Å²) in [5, 5.41) is 0. The molecular weight excluding hydrogens is 364 g/mol. The molecule has 0 fully saturated rings. The van der Waals surface area contributed by atoms with Crippen LogP contribution in [-0.2, 0) is 0 Å². The molecule has 96 valence electrons. The summed E-state index contributed by atoms with van der Waals surface area (Å²) in [6, 6.07) is 0. The molecule has 0 atom stereocenters. The highest BCUT2D eigenvalue weighted by Crippen LogP contribution is 2.41. The molecule has 0 bridgehead atoms. The smallest absolute Gasteiger partial charge is 0.491 e. The van der Waals surface area contributed by atoms with Crippen LogP contribution in [-0.4, -0.2) is 18.5 Å². The zero-order valence-corrected chi connectivity index (χ0v) is 10.3. The summed E-state index contributed by atoms with van der Waals surface area (Å²) in [5.74, 6) is -1.56. The topological polar surface area (TPSA) is 31.4 Å². The van der Waals surface area contributed by atoms with Crippen LogP contribution in [0.5, 0.6) is 11.5 Å². The van der Waals surface area contributed by atoms with E-state index in [0.717, 1.165) is 13.3 Å². The lowest BCUT2D eigenvalue weighted by molar-refractivity contribution is -0.275. The SMILES string of the molecule is COc1cnc(I)c(C(F)F)c1OC(F)(F)F. The minimum absolute atomic E-state index is 0.280. The van der Waals surface area contributed by atoms with Crippen LogP contribution in [0.25, 0.3) is 0 Å². The molecule has 1 aromatic rings. The van der Waals surface area contributed by atoms with Gasteiger partial charge in [-0.3, -0.25) is 0 Å². The molecule has 0 saturated carbocycles. The van der Waals surface area contributed by atoms with Crippen molar-refractivity contribution in [3.8, 4) is 11.5 Å². The van der Waals surface area contributed by atoms with E-state index in [1.807, 2.05) is 0 Å². The molecule has 1 aromatic heterocycles. The van der Waals surface area contributed by atoms with Gasteiger partial charge in [-0.05, 0) is 22.6 Å². The summed E-state index contributed by atoms with van der Waals surface area (Å²) >= 11 is 1.39. The Morgan fingerprint density at radius 2 is 1.94 bits per heavy atom. The Labute approximate surface area is 106 Å². The largest absolute Gasteiger partial charge is 0.573 e. The summed E-state index contributed by atoms with van der Waals surface area (Å²) in [6.07, 6.45) is -7.35. The maximum atomic E-state index is 12.6. The van der Waals surface area contributed by atoms with Gasteiger partial charge in [0.25, 0.3) is 6.43 Å². The summed E-state index contributed by atoms with van der Waals surface area (Å²) in [4.78, 5) is 3.50. The van der Waals surface area contributed by atoms with Gasteiger partial charge in [-0.25, -0.2) is 13.8 Å². The molecular formula is C8H5F5INO2. The summed E-state index contributed by atoms with van der Waals surface area (Å²) in [7, 11) is 1.03. The molecule has 0 saturated heterocycles. The molecule has 0 spiro atoms. The molecule has 0 aromatic carbocycles. The van der Waals surface area contributed by atoms with Crippen LogP contribution in [0.3, 0.4) is 0 Å². The maximum Gasteiger partial charge on any atom is 0.573 e. The molecule has 0 aliphatic rings. The van der Waals surface area contributed by atoms with Crippen molar-refractivity contribution in [3.63, 3.8) is 0 Å². The highest BCUT2D eigenvalue weighted by atomic mass is 127. The zero-order chi connectivity index (χ0) is 13.2. The normalized spacial score (nSPS) is 11.8. The second-order valence-corrected chi connectivity index (χ2v) is 3.73. The molecule has 0 N–H and O–H groups in total. The highest BCUT2D eigenvalue weighted by Gasteiger charge is 2.36. The Kier molecular flexibility index (Phi) is 4.33. The van der Waals surface area contributed by atoms with Crippen LogP contribution < -0.4 is 9.47 Å². The van der Waals surface area contributed by atoms with E-state index in [2.05, 4.69) is 14.5 Å². The standard InChI is InChI=1S/C8H5F5INO2/c1-16-3-2-15-7(14)4(6(9)10)5(3)17-8(11,12)13/h2,6H,1H3. The van der Waals surface area contributed by atoms with Gasteiger partial charge in [-0.1, -0.05) is 0 Å². The van der Waals surface area contributed by atoms with Gasteiger partial charge in [0.15, 0.2) is 11.5 Å². The number of methoxy groups -OCH3 is 1. The van der Waals surface area contributed by atoms with Crippen LogP contribution in [0.1, 0.15) is 12.0 Å². The predicted octanol–water partition coefficient (Wildman–Crippen LogP) is 3.53. The summed E-state index contributed by atoms with van der Waals surface area (Å²) < 4.78 is 69.3. The minimum atomic E-state index is -5.08. The fraction of sp³-hybridized carbons (Fsp3) is 0.375. The van der Waals surface area contributed by atoms with E-state index in [4.69, 9.17) is 0 Å². The maximum absolute atomic E-state index is 12.6. The number of rotatable bonds is 3. The van der Waals surface area contributed by atoms with Crippen LogP contribution in [0.4, 0.5) is 22.0 Å². The Balaban J connectivity index is 3.35. The predicted molar refractivity (Wildman–Crippen MR) is 55.1 cm³/mol. The number of hydrogen-bond acceptors (Lipinski definition) is 3. The second kappa shape index (κ2) is 5.19. The first-order valence-electron chi connectivity index (χ1n) is 4.02. The number of pyridine rings is 1. The Morgan fingerprint density at radius 1 is 1.35 bits per heavy atom. The van der Waals surface area contributed by atoms with E-state index >= 15 is 0 Å². The Hall–Kier alpha value is -0.870. The lowest BCUT2D eigenvalue weighted by Gasteiger charge is -2.16. The van der Waals surface area contributed by atoms with E-state index in [1.165, 1.54) is 22.6 Å². The van der Waals surface area contributed by atoms with Crippen LogP contribution >= 0.6 is 22.6 Å². The monoisotopic (exact) mass is 369 g/mol. The molecule has 0 radical (unpaired) electrons. The van der Waals surface area contributed by atoms with Gasteiger partial charge in [-0.2, -0.15) is 0 Å². The van der Waals surface area contributed by atoms with E-state index in [9.17, 15) is 22.0 Å². The number of halogens is 6. The van der Waals surface area contributed by atoms with Crippen molar-refractivity contribution in [1.82, 2.24) is 4.98 Å². The van der Waals surface area contributed by atoms with Crippen molar-refractivity contribution in [2.24, 2.45) is 0 Å². The van der Waals surface area contributed by atoms with Crippen molar-refractivity contribution in [1.29, 1.82) is 0 Å². The number of aromatic nitrogens is 1. The van der Waals surface area contributed by atoms with E-state index < -0.39 is 29.9 Å². The molecule has 1 heterocycles. The number of nitrogens with zero attached hydrogens (tertiary/aromatic N) is 1. The van der Waals surface area contributed by atoms with Crippen molar-refractivity contribution in [3.05, 3.63) is 15.5 Å².